The van der Waals surface area contributed by atoms with Crippen molar-refractivity contribution in [3.05, 3.63) is 11.7 Å². The highest BCUT2D eigenvalue weighted by atomic mass is 35.5. The van der Waals surface area contributed by atoms with Crippen molar-refractivity contribution in [2.45, 2.75) is 44.8 Å². The van der Waals surface area contributed by atoms with Gasteiger partial charge in [0.1, 0.15) is 0 Å². The maximum Gasteiger partial charge on any atom is 0.240 e. The lowest BCUT2D eigenvalue weighted by Gasteiger charge is -2.40. The van der Waals surface area contributed by atoms with Crippen LogP contribution in [0.15, 0.2) is 4.52 Å². The number of fused-ring (bicyclic) bond motifs is 2. The van der Waals surface area contributed by atoms with E-state index in [-0.39, 0.29) is 24.8 Å². The van der Waals surface area contributed by atoms with Crippen LogP contribution in [-0.4, -0.2) is 52.2 Å². The van der Waals surface area contributed by atoms with Gasteiger partial charge in [0, 0.05) is 32.2 Å². The molecule has 23 heavy (non-hydrogen) atoms. The van der Waals surface area contributed by atoms with E-state index in [1.54, 1.807) is 0 Å². The number of hydrogen-bond acceptors (Lipinski definition) is 6. The summed E-state index contributed by atoms with van der Waals surface area (Å²) in [6.07, 6.45) is 5.91. The Morgan fingerprint density at radius 2 is 1.87 bits per heavy atom. The first kappa shape index (κ1) is 18.9. The summed E-state index contributed by atoms with van der Waals surface area (Å²) in [6, 6.07) is 0.875. The van der Waals surface area contributed by atoms with Gasteiger partial charge in [-0.3, -0.25) is 9.80 Å². The minimum Gasteiger partial charge on any atom is -0.338 e. The molecule has 132 valence electrons. The molecule has 8 heteroatoms. The van der Waals surface area contributed by atoms with Crippen molar-refractivity contribution in [1.82, 2.24) is 19.9 Å². The van der Waals surface area contributed by atoms with Gasteiger partial charge in [0.25, 0.3) is 0 Å². The van der Waals surface area contributed by atoms with Crippen LogP contribution in [0.2, 0.25) is 0 Å². The zero-order chi connectivity index (χ0) is 14.2. The van der Waals surface area contributed by atoms with Crippen LogP contribution in [0.5, 0.6) is 0 Å². The smallest absolute Gasteiger partial charge is 0.240 e. The fraction of sp³-hybridized carbons (Fsp3) is 0.867. The van der Waals surface area contributed by atoms with Crippen LogP contribution in [0, 0.1) is 11.8 Å². The van der Waals surface area contributed by atoms with E-state index in [4.69, 9.17) is 10.3 Å². The number of piperazine rings is 1. The summed E-state index contributed by atoms with van der Waals surface area (Å²) in [6.45, 7) is 5.71. The molecular formula is C15H27Cl2N5O. The van der Waals surface area contributed by atoms with Gasteiger partial charge < -0.3 is 10.3 Å². The Balaban J connectivity index is 0.000000960. The third-order valence-electron chi connectivity index (χ3n) is 5.63. The number of hydrogen-bond donors (Lipinski definition) is 1. The molecule has 3 aliphatic rings. The fourth-order valence-electron chi connectivity index (χ4n) is 4.55. The Hall–Kier alpha value is -0.400. The molecule has 1 aromatic rings. The Kier molecular flexibility index (Phi) is 6.68. The lowest BCUT2D eigenvalue weighted by molar-refractivity contribution is 0.0665. The van der Waals surface area contributed by atoms with Crippen molar-refractivity contribution in [2.24, 2.45) is 17.6 Å². The molecule has 0 amide bonds. The predicted octanol–water partition coefficient (Wildman–Crippen LogP) is 1.68. The van der Waals surface area contributed by atoms with Crippen LogP contribution in [0.4, 0.5) is 0 Å². The maximum atomic E-state index is 5.50. The van der Waals surface area contributed by atoms with E-state index in [9.17, 15) is 0 Å². The first-order chi connectivity index (χ1) is 10.3. The monoisotopic (exact) mass is 363 g/mol. The molecule has 3 atom stereocenters. The lowest BCUT2D eigenvalue weighted by Crippen LogP contribution is -2.51. The maximum absolute atomic E-state index is 5.50. The van der Waals surface area contributed by atoms with Gasteiger partial charge in [-0.25, -0.2) is 0 Å². The molecule has 0 aromatic carbocycles. The van der Waals surface area contributed by atoms with Gasteiger partial charge in [-0.2, -0.15) is 4.98 Å². The summed E-state index contributed by atoms with van der Waals surface area (Å²) in [5.41, 5.74) is 5.50. The third kappa shape index (κ3) is 3.99. The van der Waals surface area contributed by atoms with Crippen LogP contribution in [0.1, 0.15) is 37.4 Å². The average Bonchev–Trinajstić information content (AvgIpc) is 3.24. The highest BCUT2D eigenvalue weighted by Gasteiger charge is 2.42. The van der Waals surface area contributed by atoms with E-state index in [1.165, 1.54) is 38.8 Å². The van der Waals surface area contributed by atoms with Gasteiger partial charge in [0.05, 0.1) is 13.1 Å². The minimum absolute atomic E-state index is 0. The van der Waals surface area contributed by atoms with Crippen LogP contribution < -0.4 is 5.73 Å². The molecule has 2 saturated carbocycles. The molecule has 4 rings (SSSR count). The van der Waals surface area contributed by atoms with E-state index in [1.807, 2.05) is 0 Å². The summed E-state index contributed by atoms with van der Waals surface area (Å²) in [4.78, 5) is 9.46. The van der Waals surface area contributed by atoms with E-state index in [0.29, 0.717) is 12.4 Å². The number of aromatic nitrogens is 2. The van der Waals surface area contributed by atoms with Crippen LogP contribution in [-0.2, 0) is 13.1 Å². The Morgan fingerprint density at radius 3 is 2.43 bits per heavy atom. The zero-order valence-corrected chi connectivity index (χ0v) is 15.0. The average molecular weight is 364 g/mol. The van der Waals surface area contributed by atoms with Gasteiger partial charge >= 0.3 is 0 Å². The molecule has 2 N–H and O–H groups in total. The quantitative estimate of drug-likeness (QED) is 0.877. The van der Waals surface area contributed by atoms with Gasteiger partial charge in [0.2, 0.25) is 5.89 Å². The number of halogens is 2. The second-order valence-electron chi connectivity index (χ2n) is 6.86. The molecule has 0 spiro atoms. The van der Waals surface area contributed by atoms with Crippen molar-refractivity contribution in [3.63, 3.8) is 0 Å². The van der Waals surface area contributed by atoms with Gasteiger partial charge in [-0.15, -0.1) is 24.8 Å². The van der Waals surface area contributed by atoms with Crippen LogP contribution in [0.25, 0.3) is 0 Å². The molecule has 2 aliphatic carbocycles. The standard InChI is InChI=1S/C15H25N5O.2ClH/c16-9-15-17-14(18-21-15)10-19-3-5-20(6-4-19)13-8-11-1-2-12(13)7-11;;/h11-13H,1-10,16H2;2*1H. The molecule has 3 fully saturated rings. The van der Waals surface area contributed by atoms with E-state index >= 15 is 0 Å². The van der Waals surface area contributed by atoms with Gasteiger partial charge in [-0.1, -0.05) is 11.6 Å². The van der Waals surface area contributed by atoms with Crippen molar-refractivity contribution in [1.29, 1.82) is 0 Å². The van der Waals surface area contributed by atoms with Gasteiger partial charge in [0.15, 0.2) is 5.82 Å². The SMILES string of the molecule is Cl.Cl.NCc1nc(CN2CCN(C3CC4CCC3C4)CC2)no1. The zero-order valence-electron chi connectivity index (χ0n) is 13.4. The Morgan fingerprint density at radius 1 is 1.09 bits per heavy atom. The van der Waals surface area contributed by atoms with Crippen molar-refractivity contribution in [3.8, 4) is 0 Å². The second kappa shape index (κ2) is 8.12. The van der Waals surface area contributed by atoms with E-state index in [2.05, 4.69) is 19.9 Å². The molecule has 2 bridgehead atoms. The molecule has 1 saturated heterocycles. The lowest BCUT2D eigenvalue weighted by atomic mass is 9.93. The number of nitrogens with two attached hydrogens (primary N) is 1. The molecule has 1 aromatic heterocycles. The molecule has 6 nitrogen and oxygen atoms in total. The van der Waals surface area contributed by atoms with Crippen molar-refractivity contribution < 1.29 is 4.52 Å². The Labute approximate surface area is 150 Å². The summed E-state index contributed by atoms with van der Waals surface area (Å²) in [5.74, 6) is 3.33. The van der Waals surface area contributed by atoms with Crippen LogP contribution >= 0.6 is 24.8 Å². The van der Waals surface area contributed by atoms with Crippen molar-refractivity contribution >= 4 is 24.8 Å². The summed E-state index contributed by atoms with van der Waals surface area (Å²) in [7, 11) is 0. The minimum atomic E-state index is 0. The third-order valence-corrected chi connectivity index (χ3v) is 5.63. The largest absolute Gasteiger partial charge is 0.338 e. The highest BCUT2D eigenvalue weighted by Crippen LogP contribution is 2.46. The molecule has 3 unspecified atom stereocenters. The first-order valence-electron chi connectivity index (χ1n) is 8.30. The summed E-state index contributed by atoms with van der Waals surface area (Å²) < 4.78 is 5.07. The molecular weight excluding hydrogens is 337 g/mol. The second-order valence-corrected chi connectivity index (χ2v) is 6.86. The summed E-state index contributed by atoms with van der Waals surface area (Å²) >= 11 is 0. The predicted molar refractivity (Wildman–Crippen MR) is 92.8 cm³/mol. The highest BCUT2D eigenvalue weighted by molar-refractivity contribution is 5.85. The van der Waals surface area contributed by atoms with E-state index < -0.39 is 0 Å². The molecule has 0 radical (unpaired) electrons. The van der Waals surface area contributed by atoms with Crippen molar-refractivity contribution in [2.75, 3.05) is 26.2 Å². The van der Waals surface area contributed by atoms with E-state index in [0.717, 1.165) is 43.3 Å². The molecule has 2 heterocycles. The fourth-order valence-corrected chi connectivity index (χ4v) is 4.55. The first-order valence-corrected chi connectivity index (χ1v) is 8.30. The number of rotatable bonds is 4. The van der Waals surface area contributed by atoms with Crippen LogP contribution in [0.3, 0.4) is 0 Å². The topological polar surface area (TPSA) is 71.4 Å². The van der Waals surface area contributed by atoms with Gasteiger partial charge in [-0.05, 0) is 31.1 Å². The number of nitrogens with zero attached hydrogens (tertiary/aromatic N) is 4. The normalized spacial score (nSPS) is 30.9. The summed E-state index contributed by atoms with van der Waals surface area (Å²) in [5, 5.41) is 3.99. The Bertz CT molecular complexity index is 492. The molecule has 1 aliphatic heterocycles.